The number of rotatable bonds is 3. The summed E-state index contributed by atoms with van der Waals surface area (Å²) in [7, 11) is 0. The van der Waals surface area contributed by atoms with E-state index >= 15 is 0 Å². The summed E-state index contributed by atoms with van der Waals surface area (Å²) in [5.41, 5.74) is -1.11. The molecule has 0 aromatic carbocycles. The van der Waals surface area contributed by atoms with Gasteiger partial charge in [-0.2, -0.15) is 13.2 Å². The van der Waals surface area contributed by atoms with Crippen LogP contribution >= 0.6 is 0 Å². The summed E-state index contributed by atoms with van der Waals surface area (Å²) in [4.78, 5) is 17.0. The minimum absolute atomic E-state index is 0.0156. The zero-order valence-corrected chi connectivity index (χ0v) is 14.8. The summed E-state index contributed by atoms with van der Waals surface area (Å²) in [5, 5.41) is 6.27. The molecule has 1 saturated heterocycles. The summed E-state index contributed by atoms with van der Waals surface area (Å²) in [6.45, 7) is 7.26. The van der Waals surface area contributed by atoms with Gasteiger partial charge in [-0.25, -0.2) is 4.98 Å². The van der Waals surface area contributed by atoms with Crippen LogP contribution in [0.1, 0.15) is 32.2 Å². The highest BCUT2D eigenvalue weighted by atomic mass is 19.4. The maximum atomic E-state index is 13.0. The molecule has 5 nitrogen and oxygen atoms in total. The second-order valence-electron chi connectivity index (χ2n) is 8.13. The molecule has 1 aliphatic heterocycles. The van der Waals surface area contributed by atoms with Crippen molar-refractivity contribution in [2.24, 2.45) is 17.3 Å². The zero-order chi connectivity index (χ0) is 18.9. The Morgan fingerprint density at radius 1 is 1.38 bits per heavy atom. The van der Waals surface area contributed by atoms with Crippen LogP contribution in [-0.2, 0) is 16.5 Å². The summed E-state index contributed by atoms with van der Waals surface area (Å²) >= 11 is 0. The van der Waals surface area contributed by atoms with Crippen molar-refractivity contribution >= 4 is 11.4 Å². The average Bonchev–Trinajstić information content (AvgIpc) is 2.88. The molecule has 1 aliphatic carbocycles. The van der Waals surface area contributed by atoms with Crippen molar-refractivity contribution in [3.8, 4) is 0 Å². The van der Waals surface area contributed by atoms with Crippen LogP contribution in [0.25, 0.3) is 5.52 Å². The molecule has 2 aromatic heterocycles. The maximum absolute atomic E-state index is 13.0. The lowest BCUT2D eigenvalue weighted by molar-refractivity contribution is -0.138. The van der Waals surface area contributed by atoms with Crippen LogP contribution < -0.4 is 10.6 Å². The lowest BCUT2D eigenvalue weighted by Crippen LogP contribution is -2.44. The Balaban J connectivity index is 1.62. The van der Waals surface area contributed by atoms with Gasteiger partial charge in [0.1, 0.15) is 5.82 Å². The summed E-state index contributed by atoms with van der Waals surface area (Å²) in [5.74, 6) is 0.584. The predicted molar refractivity (Wildman–Crippen MR) is 89.3 cm³/mol. The van der Waals surface area contributed by atoms with Crippen molar-refractivity contribution in [3.05, 3.63) is 35.9 Å². The number of halogens is 3. The molecule has 26 heavy (non-hydrogen) atoms. The van der Waals surface area contributed by atoms with Gasteiger partial charge in [0.2, 0.25) is 5.91 Å². The fourth-order valence-corrected chi connectivity index (χ4v) is 4.29. The fourth-order valence-electron chi connectivity index (χ4n) is 4.29. The van der Waals surface area contributed by atoms with Crippen LogP contribution in [0.4, 0.5) is 13.2 Å². The molecule has 3 atom stereocenters. The van der Waals surface area contributed by atoms with Crippen molar-refractivity contribution in [1.82, 2.24) is 20.0 Å². The molecule has 140 valence electrons. The van der Waals surface area contributed by atoms with Gasteiger partial charge in [-0.05, 0) is 43.9 Å². The first-order chi connectivity index (χ1) is 12.0. The topological polar surface area (TPSA) is 58.4 Å². The van der Waals surface area contributed by atoms with Gasteiger partial charge in [-0.3, -0.25) is 4.79 Å². The molecule has 0 radical (unpaired) electrons. The number of hydrogen-bond acceptors (Lipinski definition) is 3. The van der Waals surface area contributed by atoms with Crippen LogP contribution in [0.2, 0.25) is 0 Å². The SMILES string of the molecule is CC(C)(NC(=O)[C@@H]1[C@H]2CNC[C@]21C)c1ncc2ccc(C(F)(F)F)cn12. The Morgan fingerprint density at radius 2 is 2.12 bits per heavy atom. The molecule has 0 unspecified atom stereocenters. The number of aromatic nitrogens is 2. The Morgan fingerprint density at radius 3 is 2.73 bits per heavy atom. The van der Waals surface area contributed by atoms with Crippen LogP contribution in [0.5, 0.6) is 0 Å². The number of nitrogens with one attached hydrogen (secondary N) is 2. The van der Waals surface area contributed by atoms with Crippen molar-refractivity contribution in [3.63, 3.8) is 0 Å². The monoisotopic (exact) mass is 366 g/mol. The third-order valence-electron chi connectivity index (χ3n) is 5.85. The minimum atomic E-state index is -4.43. The van der Waals surface area contributed by atoms with Gasteiger partial charge in [0.25, 0.3) is 0 Å². The molecular weight excluding hydrogens is 345 g/mol. The molecule has 3 heterocycles. The van der Waals surface area contributed by atoms with E-state index < -0.39 is 17.3 Å². The van der Waals surface area contributed by atoms with E-state index in [0.29, 0.717) is 17.3 Å². The van der Waals surface area contributed by atoms with Gasteiger partial charge >= 0.3 is 6.18 Å². The normalized spacial score (nSPS) is 28.2. The Labute approximate surface area is 149 Å². The second kappa shape index (κ2) is 5.22. The molecule has 1 amide bonds. The third kappa shape index (κ3) is 2.50. The molecule has 1 saturated carbocycles. The third-order valence-corrected chi connectivity index (χ3v) is 5.85. The van der Waals surface area contributed by atoms with Crippen molar-refractivity contribution in [2.45, 2.75) is 32.5 Å². The number of hydrogen-bond donors (Lipinski definition) is 2. The van der Waals surface area contributed by atoms with Crippen LogP contribution in [0.15, 0.2) is 24.5 Å². The molecule has 2 aliphatic rings. The molecule has 0 spiro atoms. The van der Waals surface area contributed by atoms with Gasteiger partial charge < -0.3 is 15.0 Å². The maximum Gasteiger partial charge on any atom is 0.417 e. The number of carbonyl (C=O) groups is 1. The van der Waals surface area contributed by atoms with Crippen molar-refractivity contribution in [1.29, 1.82) is 0 Å². The lowest BCUT2D eigenvalue weighted by atomic mass is 10.0. The Bertz CT molecular complexity index is 888. The molecule has 4 rings (SSSR count). The van der Waals surface area contributed by atoms with E-state index in [1.165, 1.54) is 16.7 Å². The lowest BCUT2D eigenvalue weighted by Gasteiger charge is -2.26. The van der Waals surface area contributed by atoms with Crippen LogP contribution in [0, 0.1) is 17.3 Å². The fraction of sp³-hybridized carbons (Fsp3) is 0.556. The van der Waals surface area contributed by atoms with Gasteiger partial charge in [0.15, 0.2) is 0 Å². The van der Waals surface area contributed by atoms with Gasteiger partial charge in [-0.15, -0.1) is 0 Å². The molecule has 2 fully saturated rings. The Kier molecular flexibility index (Phi) is 3.48. The molecule has 0 bridgehead atoms. The smallest absolute Gasteiger partial charge is 0.344 e. The van der Waals surface area contributed by atoms with Crippen LogP contribution in [0.3, 0.4) is 0 Å². The number of fused-ring (bicyclic) bond motifs is 2. The predicted octanol–water partition coefficient (Wildman–Crippen LogP) is 2.56. The van der Waals surface area contributed by atoms with E-state index in [1.807, 2.05) is 0 Å². The highest BCUT2D eigenvalue weighted by Crippen LogP contribution is 2.60. The van der Waals surface area contributed by atoms with E-state index in [9.17, 15) is 18.0 Å². The van der Waals surface area contributed by atoms with Gasteiger partial charge in [-0.1, -0.05) is 6.92 Å². The highest BCUT2D eigenvalue weighted by molar-refractivity contribution is 5.84. The number of carbonyl (C=O) groups excluding carboxylic acids is 1. The standard InChI is InChI=1S/C18H21F3N4O/c1-16(2,24-14(26)13-12-7-22-9-17(12,13)3)15-23-6-11-5-4-10(8-25(11)15)18(19,20)21/h4-6,8,12-13,22H,7,9H2,1-3H3,(H,24,26)/t12-,13+,17-/m1/s1. The number of imidazole rings is 1. The first-order valence-electron chi connectivity index (χ1n) is 8.61. The first kappa shape index (κ1) is 17.3. The molecular formula is C18H21F3N4O. The van der Waals surface area contributed by atoms with Crippen molar-refractivity contribution in [2.75, 3.05) is 13.1 Å². The zero-order valence-electron chi connectivity index (χ0n) is 14.8. The second-order valence-corrected chi connectivity index (χ2v) is 8.13. The van der Waals surface area contributed by atoms with Crippen LogP contribution in [-0.4, -0.2) is 28.4 Å². The van der Waals surface area contributed by atoms with Gasteiger partial charge in [0, 0.05) is 18.7 Å². The van der Waals surface area contributed by atoms with Gasteiger partial charge in [0.05, 0.1) is 22.8 Å². The van der Waals surface area contributed by atoms with E-state index in [-0.39, 0.29) is 17.2 Å². The average molecular weight is 366 g/mol. The number of piperidine rings is 1. The molecule has 2 aromatic rings. The van der Waals surface area contributed by atoms with Crippen molar-refractivity contribution < 1.29 is 18.0 Å². The highest BCUT2D eigenvalue weighted by Gasteiger charge is 2.67. The number of alkyl halides is 3. The summed E-state index contributed by atoms with van der Waals surface area (Å²) in [6.07, 6.45) is -1.89. The van der Waals surface area contributed by atoms with E-state index in [0.717, 1.165) is 25.4 Å². The molecule has 8 heteroatoms. The minimum Gasteiger partial charge on any atom is -0.344 e. The number of amides is 1. The molecule has 2 N–H and O–H groups in total. The summed E-state index contributed by atoms with van der Waals surface area (Å²) in [6, 6.07) is 2.42. The Hall–Kier alpha value is -2.09. The largest absolute Gasteiger partial charge is 0.417 e. The van der Waals surface area contributed by atoms with E-state index in [2.05, 4.69) is 22.5 Å². The summed E-state index contributed by atoms with van der Waals surface area (Å²) < 4.78 is 40.5. The number of pyridine rings is 1. The quantitative estimate of drug-likeness (QED) is 0.878. The first-order valence-corrected chi connectivity index (χ1v) is 8.61. The number of nitrogens with zero attached hydrogens (tertiary/aromatic N) is 2. The van der Waals surface area contributed by atoms with E-state index in [1.54, 1.807) is 13.8 Å². The van der Waals surface area contributed by atoms with E-state index in [4.69, 9.17) is 0 Å².